The number of oxime groups is 1. The van der Waals surface area contributed by atoms with Gasteiger partial charge in [-0.05, 0) is 54.0 Å². The molecule has 0 saturated carbocycles. The predicted molar refractivity (Wildman–Crippen MR) is 87.2 cm³/mol. The molecule has 2 N–H and O–H groups in total. The van der Waals surface area contributed by atoms with E-state index in [9.17, 15) is 9.18 Å². The Hall–Kier alpha value is -2.22. The fourth-order valence-corrected chi connectivity index (χ4v) is 2.19. The van der Waals surface area contributed by atoms with Crippen molar-refractivity contribution in [2.75, 3.05) is 0 Å². The third-order valence-electron chi connectivity index (χ3n) is 3.21. The second-order valence-corrected chi connectivity index (χ2v) is 5.70. The number of halogens is 2. The SMILES string of the molecule is Cc1nn(CCC(=O)O/N=C(\N)c2ccc(F)cc2)c(C)c1Br. The van der Waals surface area contributed by atoms with E-state index in [1.54, 1.807) is 4.68 Å². The van der Waals surface area contributed by atoms with Crippen molar-refractivity contribution in [3.05, 3.63) is 51.5 Å². The van der Waals surface area contributed by atoms with Crippen molar-refractivity contribution in [2.45, 2.75) is 26.8 Å². The molecule has 0 bridgehead atoms. The van der Waals surface area contributed by atoms with Gasteiger partial charge in [0, 0.05) is 11.3 Å². The number of hydrogen-bond donors (Lipinski definition) is 1. The zero-order valence-corrected chi connectivity index (χ0v) is 14.3. The van der Waals surface area contributed by atoms with Crippen molar-refractivity contribution in [3.63, 3.8) is 0 Å². The molecule has 0 radical (unpaired) electrons. The van der Waals surface area contributed by atoms with Gasteiger partial charge in [0.1, 0.15) is 5.82 Å². The third-order valence-corrected chi connectivity index (χ3v) is 4.35. The number of aryl methyl sites for hydroxylation is 2. The number of carbonyl (C=O) groups is 1. The monoisotopic (exact) mass is 382 g/mol. The summed E-state index contributed by atoms with van der Waals surface area (Å²) in [6.45, 7) is 4.16. The highest BCUT2D eigenvalue weighted by atomic mass is 79.9. The van der Waals surface area contributed by atoms with Crippen LogP contribution >= 0.6 is 15.9 Å². The van der Waals surface area contributed by atoms with Crippen LogP contribution in [0.3, 0.4) is 0 Å². The summed E-state index contributed by atoms with van der Waals surface area (Å²) in [5.74, 6) is -0.902. The van der Waals surface area contributed by atoms with Gasteiger partial charge >= 0.3 is 5.97 Å². The van der Waals surface area contributed by atoms with Gasteiger partial charge in [0.25, 0.3) is 0 Å². The van der Waals surface area contributed by atoms with Crippen LogP contribution in [-0.2, 0) is 16.2 Å². The summed E-state index contributed by atoms with van der Waals surface area (Å²) < 4.78 is 15.4. The molecule has 0 amide bonds. The van der Waals surface area contributed by atoms with Crippen molar-refractivity contribution in [2.24, 2.45) is 10.9 Å². The van der Waals surface area contributed by atoms with Gasteiger partial charge in [0.15, 0.2) is 5.84 Å². The Bertz CT molecular complexity index is 741. The topological polar surface area (TPSA) is 82.5 Å². The summed E-state index contributed by atoms with van der Waals surface area (Å²) in [7, 11) is 0. The molecule has 2 rings (SSSR count). The minimum Gasteiger partial charge on any atom is -0.380 e. The molecule has 8 heteroatoms. The summed E-state index contributed by atoms with van der Waals surface area (Å²) >= 11 is 3.42. The van der Waals surface area contributed by atoms with Crippen molar-refractivity contribution < 1.29 is 14.0 Å². The minimum atomic E-state index is -0.529. The van der Waals surface area contributed by atoms with Crippen LogP contribution in [0.4, 0.5) is 4.39 Å². The molecule has 1 aromatic carbocycles. The van der Waals surface area contributed by atoms with Crippen molar-refractivity contribution >= 4 is 27.7 Å². The summed E-state index contributed by atoms with van der Waals surface area (Å²) in [5, 5.41) is 7.86. The van der Waals surface area contributed by atoms with Gasteiger partial charge in [-0.3, -0.25) is 4.68 Å². The lowest BCUT2D eigenvalue weighted by atomic mass is 10.2. The quantitative estimate of drug-likeness (QED) is 0.373. The lowest BCUT2D eigenvalue weighted by molar-refractivity contribution is -0.144. The first-order chi connectivity index (χ1) is 10.9. The Morgan fingerprint density at radius 2 is 2.04 bits per heavy atom. The molecule has 2 aromatic rings. The Morgan fingerprint density at radius 1 is 1.39 bits per heavy atom. The van der Waals surface area contributed by atoms with E-state index in [0.717, 1.165) is 15.9 Å². The molecule has 1 aromatic heterocycles. The van der Waals surface area contributed by atoms with Gasteiger partial charge in [0.05, 0.1) is 23.1 Å². The summed E-state index contributed by atoms with van der Waals surface area (Å²) in [5.41, 5.74) is 7.94. The van der Waals surface area contributed by atoms with Crippen LogP contribution in [0.15, 0.2) is 33.9 Å². The molecular formula is C15H16BrFN4O2. The first-order valence-corrected chi connectivity index (χ1v) is 7.66. The molecule has 0 fully saturated rings. The molecular weight excluding hydrogens is 367 g/mol. The van der Waals surface area contributed by atoms with Crippen molar-refractivity contribution in [1.82, 2.24) is 9.78 Å². The van der Waals surface area contributed by atoms with Gasteiger partial charge in [-0.2, -0.15) is 5.10 Å². The van der Waals surface area contributed by atoms with Gasteiger partial charge in [-0.1, -0.05) is 5.16 Å². The van der Waals surface area contributed by atoms with Gasteiger partial charge in [0.2, 0.25) is 0 Å². The summed E-state index contributed by atoms with van der Waals surface area (Å²) in [6, 6.07) is 5.41. The third kappa shape index (κ3) is 4.38. The molecule has 0 aliphatic carbocycles. The van der Waals surface area contributed by atoms with Gasteiger partial charge in [-0.25, -0.2) is 9.18 Å². The lowest BCUT2D eigenvalue weighted by Crippen LogP contribution is -2.16. The fraction of sp³-hybridized carbons (Fsp3) is 0.267. The normalized spacial score (nSPS) is 11.6. The van der Waals surface area contributed by atoms with E-state index in [0.29, 0.717) is 12.1 Å². The number of nitrogens with zero attached hydrogens (tertiary/aromatic N) is 3. The maximum absolute atomic E-state index is 12.8. The molecule has 23 heavy (non-hydrogen) atoms. The van der Waals surface area contributed by atoms with Gasteiger partial charge in [-0.15, -0.1) is 0 Å². The number of aromatic nitrogens is 2. The maximum atomic E-state index is 12.8. The molecule has 122 valence electrons. The smallest absolute Gasteiger partial charge is 0.336 e. The number of amidine groups is 1. The van der Waals surface area contributed by atoms with E-state index in [-0.39, 0.29) is 18.1 Å². The standard InChI is InChI=1S/C15H16BrFN4O2/c1-9-14(16)10(2)21(19-9)8-7-13(22)23-20-15(18)11-3-5-12(17)6-4-11/h3-6H,7-8H2,1-2H3,(H2,18,20). The first kappa shape index (κ1) is 17.1. The molecule has 0 spiro atoms. The van der Waals surface area contributed by atoms with Gasteiger partial charge < -0.3 is 10.6 Å². The van der Waals surface area contributed by atoms with Crippen LogP contribution in [0.2, 0.25) is 0 Å². The molecule has 6 nitrogen and oxygen atoms in total. The number of benzene rings is 1. The molecule has 1 heterocycles. The fourth-order valence-electron chi connectivity index (χ4n) is 1.91. The highest BCUT2D eigenvalue weighted by Gasteiger charge is 2.11. The zero-order valence-electron chi connectivity index (χ0n) is 12.7. The van der Waals surface area contributed by atoms with Crippen molar-refractivity contribution in [3.8, 4) is 0 Å². The maximum Gasteiger partial charge on any atom is 0.336 e. The molecule has 0 unspecified atom stereocenters. The number of carbonyl (C=O) groups excluding carboxylic acids is 1. The van der Waals surface area contributed by atoms with Crippen molar-refractivity contribution in [1.29, 1.82) is 0 Å². The number of nitrogens with two attached hydrogens (primary N) is 1. The van der Waals surface area contributed by atoms with E-state index in [1.165, 1.54) is 24.3 Å². The summed E-state index contributed by atoms with van der Waals surface area (Å²) in [6.07, 6.45) is 0.106. The highest BCUT2D eigenvalue weighted by molar-refractivity contribution is 9.10. The Labute approximate surface area is 141 Å². The van der Waals surface area contributed by atoms with E-state index >= 15 is 0 Å². The average Bonchev–Trinajstić information content (AvgIpc) is 2.78. The number of rotatable bonds is 5. The predicted octanol–water partition coefficient (Wildman–Crippen LogP) is 2.66. The molecule has 0 aliphatic heterocycles. The average molecular weight is 383 g/mol. The zero-order chi connectivity index (χ0) is 17.0. The first-order valence-electron chi connectivity index (χ1n) is 6.87. The highest BCUT2D eigenvalue weighted by Crippen LogP contribution is 2.19. The molecule has 0 aliphatic rings. The van der Waals surface area contributed by atoms with Crippen LogP contribution in [0, 0.1) is 19.7 Å². The minimum absolute atomic E-state index is 0.00667. The van der Waals surface area contributed by atoms with E-state index in [1.807, 2.05) is 13.8 Å². The second kappa shape index (κ2) is 7.36. The lowest BCUT2D eigenvalue weighted by Gasteiger charge is -2.03. The van der Waals surface area contributed by atoms with E-state index in [4.69, 9.17) is 10.6 Å². The largest absolute Gasteiger partial charge is 0.380 e. The number of hydrogen-bond acceptors (Lipinski definition) is 4. The van der Waals surface area contributed by atoms with E-state index < -0.39 is 5.97 Å². The second-order valence-electron chi connectivity index (χ2n) is 4.90. The van der Waals surface area contributed by atoms with Crippen LogP contribution in [0.5, 0.6) is 0 Å². The Balaban J connectivity index is 1.90. The Morgan fingerprint density at radius 3 is 2.61 bits per heavy atom. The van der Waals surface area contributed by atoms with Crippen LogP contribution in [-0.4, -0.2) is 21.6 Å². The summed E-state index contributed by atoms with van der Waals surface area (Å²) in [4.78, 5) is 16.5. The van der Waals surface area contributed by atoms with Crippen LogP contribution < -0.4 is 5.73 Å². The molecule has 0 atom stereocenters. The van der Waals surface area contributed by atoms with Crippen LogP contribution in [0.25, 0.3) is 0 Å². The molecule has 0 saturated heterocycles. The Kier molecular flexibility index (Phi) is 5.49. The van der Waals surface area contributed by atoms with E-state index in [2.05, 4.69) is 26.2 Å². The van der Waals surface area contributed by atoms with Crippen LogP contribution in [0.1, 0.15) is 23.4 Å².